The normalized spacial score (nSPS) is 33.2. The molecule has 6 heteroatoms. The number of hydrogen-bond donors (Lipinski definition) is 0. The van der Waals surface area contributed by atoms with Gasteiger partial charge in [0.25, 0.3) is 6.43 Å². The maximum Gasteiger partial charge on any atom is 0.268 e. The van der Waals surface area contributed by atoms with Crippen molar-refractivity contribution in [3.05, 3.63) is 34.1 Å². The van der Waals surface area contributed by atoms with Crippen LogP contribution in [0.15, 0.2) is 27.7 Å². The molecule has 0 bridgehead atoms. The lowest BCUT2D eigenvalue weighted by atomic mass is 9.85. The highest BCUT2D eigenvalue weighted by Crippen LogP contribution is 2.55. The van der Waals surface area contributed by atoms with E-state index in [1.165, 1.54) is 18.2 Å². The second kappa shape index (κ2) is 3.98. The molecule has 0 aromatic heterocycles. The Labute approximate surface area is 110 Å². The van der Waals surface area contributed by atoms with Crippen molar-refractivity contribution in [2.24, 2.45) is 10.9 Å². The van der Waals surface area contributed by atoms with Crippen molar-refractivity contribution in [3.8, 4) is 0 Å². The summed E-state index contributed by atoms with van der Waals surface area (Å²) >= 11 is 3.18. The fourth-order valence-corrected chi connectivity index (χ4v) is 2.85. The van der Waals surface area contributed by atoms with Gasteiger partial charge in [0.05, 0.1) is 0 Å². The van der Waals surface area contributed by atoms with Crippen LogP contribution in [0.2, 0.25) is 0 Å². The molecule has 2 nitrogen and oxygen atoms in total. The third-order valence-electron chi connectivity index (χ3n) is 3.49. The Morgan fingerprint density at radius 2 is 2.22 bits per heavy atom. The predicted octanol–water partition coefficient (Wildman–Crippen LogP) is 3.50. The van der Waals surface area contributed by atoms with Crippen LogP contribution >= 0.6 is 15.9 Å². The number of aliphatic imine (C=N–C) groups is 1. The molecular weight excluding hydrogens is 311 g/mol. The van der Waals surface area contributed by atoms with Crippen LogP contribution < -0.4 is 0 Å². The summed E-state index contributed by atoms with van der Waals surface area (Å²) < 4.78 is 46.5. The smallest absolute Gasteiger partial charge is 0.268 e. The first kappa shape index (κ1) is 12.0. The summed E-state index contributed by atoms with van der Waals surface area (Å²) in [7, 11) is 0. The fraction of sp³-hybridized carbons (Fsp3) is 0.417. The quantitative estimate of drug-likeness (QED) is 0.817. The Kier molecular flexibility index (Phi) is 2.66. The first-order chi connectivity index (χ1) is 8.55. The van der Waals surface area contributed by atoms with E-state index in [2.05, 4.69) is 20.9 Å². The van der Waals surface area contributed by atoms with E-state index in [9.17, 15) is 13.2 Å². The Morgan fingerprint density at radius 1 is 1.44 bits per heavy atom. The van der Waals surface area contributed by atoms with Crippen molar-refractivity contribution in [3.63, 3.8) is 0 Å². The minimum absolute atomic E-state index is 0.0704. The van der Waals surface area contributed by atoms with E-state index in [4.69, 9.17) is 4.74 Å². The molecule has 0 radical (unpaired) electrons. The lowest BCUT2D eigenvalue weighted by molar-refractivity contribution is 0.0202. The Hall–Kier alpha value is -1.04. The monoisotopic (exact) mass is 319 g/mol. The molecule has 1 aromatic carbocycles. The Balaban J connectivity index is 2.18. The van der Waals surface area contributed by atoms with Gasteiger partial charge in [0.15, 0.2) is 11.9 Å². The average molecular weight is 320 g/mol. The molecule has 96 valence electrons. The maximum absolute atomic E-state index is 13.9. The number of nitrogens with zero attached hydrogens (tertiary/aromatic N) is 1. The molecule has 1 aromatic rings. The van der Waals surface area contributed by atoms with E-state index < -0.39 is 23.7 Å². The molecule has 0 spiro atoms. The number of ether oxygens (including phenoxy) is 1. The molecule has 0 N–H and O–H groups in total. The van der Waals surface area contributed by atoms with Gasteiger partial charge in [-0.05, 0) is 24.6 Å². The van der Waals surface area contributed by atoms with E-state index in [1.54, 1.807) is 0 Å². The molecule has 0 amide bonds. The Bertz CT molecular complexity index is 522. The molecule has 1 aliphatic heterocycles. The summed E-state index contributed by atoms with van der Waals surface area (Å²) in [5, 5.41) is 0. The second-order valence-electron chi connectivity index (χ2n) is 4.50. The van der Waals surface area contributed by atoms with Gasteiger partial charge in [-0.15, -0.1) is 0 Å². The van der Waals surface area contributed by atoms with Gasteiger partial charge in [0, 0.05) is 16.0 Å². The molecule has 3 rings (SSSR count). The van der Waals surface area contributed by atoms with E-state index in [-0.39, 0.29) is 11.7 Å². The van der Waals surface area contributed by atoms with Gasteiger partial charge < -0.3 is 4.74 Å². The number of benzene rings is 1. The van der Waals surface area contributed by atoms with Crippen LogP contribution in [0.1, 0.15) is 12.0 Å². The largest absolute Gasteiger partial charge is 0.480 e. The summed E-state index contributed by atoms with van der Waals surface area (Å²) in [5.74, 6) is -1.12. The molecule has 1 heterocycles. The highest BCUT2D eigenvalue weighted by Gasteiger charge is 2.63. The van der Waals surface area contributed by atoms with Crippen LogP contribution in [0.5, 0.6) is 0 Å². The van der Waals surface area contributed by atoms with Crippen LogP contribution in [0.4, 0.5) is 13.2 Å². The molecule has 1 fully saturated rings. The zero-order valence-corrected chi connectivity index (χ0v) is 10.7. The lowest BCUT2D eigenvalue weighted by Gasteiger charge is -2.32. The SMILES string of the molecule is Fc1ccc(Br)cc1[C@@]1(C(F)F)N=CO[C@@H]2C[C@@H]21. The second-order valence-corrected chi connectivity index (χ2v) is 5.42. The highest BCUT2D eigenvalue weighted by molar-refractivity contribution is 9.10. The molecule has 0 unspecified atom stereocenters. The van der Waals surface area contributed by atoms with Crippen molar-refractivity contribution in [1.29, 1.82) is 0 Å². The first-order valence-corrected chi connectivity index (χ1v) is 6.28. The molecule has 1 aliphatic carbocycles. The number of fused-ring (bicyclic) bond motifs is 1. The van der Waals surface area contributed by atoms with Crippen LogP contribution in [-0.2, 0) is 10.3 Å². The maximum atomic E-state index is 13.9. The van der Waals surface area contributed by atoms with Gasteiger partial charge in [-0.2, -0.15) is 0 Å². The number of rotatable bonds is 2. The molecule has 2 aliphatic rings. The van der Waals surface area contributed by atoms with Crippen molar-refractivity contribution < 1.29 is 17.9 Å². The van der Waals surface area contributed by atoms with E-state index in [1.807, 2.05) is 0 Å². The lowest BCUT2D eigenvalue weighted by Crippen LogP contribution is -2.39. The molecule has 1 saturated carbocycles. The van der Waals surface area contributed by atoms with Crippen LogP contribution in [0, 0.1) is 11.7 Å². The number of alkyl halides is 2. The molecule has 3 atom stereocenters. The summed E-state index contributed by atoms with van der Waals surface area (Å²) in [6, 6.07) is 4.02. The zero-order valence-electron chi connectivity index (χ0n) is 9.12. The van der Waals surface area contributed by atoms with Crippen LogP contribution in [0.25, 0.3) is 0 Å². The third-order valence-corrected chi connectivity index (χ3v) is 3.98. The van der Waals surface area contributed by atoms with Crippen molar-refractivity contribution >= 4 is 22.3 Å². The van der Waals surface area contributed by atoms with Gasteiger partial charge >= 0.3 is 0 Å². The molecular formula is C12H9BrF3NO. The molecule has 18 heavy (non-hydrogen) atoms. The third kappa shape index (κ3) is 1.58. The number of hydrogen-bond acceptors (Lipinski definition) is 2. The standard InChI is InChI=1S/C12H9BrF3NO/c13-6-1-2-9(14)7(3-6)12(11(15)16)8-4-10(8)18-5-17-12/h1-3,5,8,10-11H,4H2/t8-,10+,12+/m0/s1. The summed E-state index contributed by atoms with van der Waals surface area (Å²) in [4.78, 5) is 3.80. The van der Waals surface area contributed by atoms with Crippen LogP contribution in [-0.4, -0.2) is 18.9 Å². The fourth-order valence-electron chi connectivity index (χ4n) is 2.49. The van der Waals surface area contributed by atoms with Gasteiger partial charge in [-0.3, -0.25) is 0 Å². The van der Waals surface area contributed by atoms with Crippen LogP contribution in [0.3, 0.4) is 0 Å². The van der Waals surface area contributed by atoms with Gasteiger partial charge in [-0.25, -0.2) is 18.2 Å². The minimum Gasteiger partial charge on any atom is -0.480 e. The summed E-state index contributed by atoms with van der Waals surface area (Å²) in [6.45, 7) is 0. The number of halogens is 4. The van der Waals surface area contributed by atoms with E-state index >= 15 is 0 Å². The van der Waals surface area contributed by atoms with Gasteiger partial charge in [-0.1, -0.05) is 15.9 Å². The minimum atomic E-state index is -2.77. The topological polar surface area (TPSA) is 21.6 Å². The highest BCUT2D eigenvalue weighted by atomic mass is 79.9. The van der Waals surface area contributed by atoms with Crippen molar-refractivity contribution in [2.75, 3.05) is 0 Å². The van der Waals surface area contributed by atoms with Crippen molar-refractivity contribution in [1.82, 2.24) is 0 Å². The van der Waals surface area contributed by atoms with Gasteiger partial charge in [0.2, 0.25) is 0 Å². The van der Waals surface area contributed by atoms with Gasteiger partial charge in [0.1, 0.15) is 11.9 Å². The average Bonchev–Trinajstić information content (AvgIpc) is 3.11. The summed E-state index contributed by atoms with van der Waals surface area (Å²) in [5.41, 5.74) is -1.88. The molecule has 0 saturated heterocycles. The Morgan fingerprint density at radius 3 is 2.94 bits per heavy atom. The van der Waals surface area contributed by atoms with Crippen molar-refractivity contribution in [2.45, 2.75) is 24.5 Å². The zero-order chi connectivity index (χ0) is 12.9. The predicted molar refractivity (Wildman–Crippen MR) is 63.3 cm³/mol. The van der Waals surface area contributed by atoms with E-state index in [0.29, 0.717) is 10.9 Å². The van der Waals surface area contributed by atoms with E-state index in [0.717, 1.165) is 6.40 Å². The first-order valence-electron chi connectivity index (χ1n) is 5.48. The summed E-state index contributed by atoms with van der Waals surface area (Å²) in [6.07, 6.45) is -1.52.